The highest BCUT2D eigenvalue weighted by molar-refractivity contribution is 6.42. The van der Waals surface area contributed by atoms with Crippen LogP contribution in [-0.4, -0.2) is 35.4 Å². The van der Waals surface area contributed by atoms with Crippen LogP contribution in [0.1, 0.15) is 69.9 Å². The Morgan fingerprint density at radius 3 is 2.32 bits per heavy atom. The minimum Gasteiger partial charge on any atom is -0.484 e. The molecule has 7 heteroatoms. The quantitative estimate of drug-likeness (QED) is 0.409. The van der Waals surface area contributed by atoms with E-state index in [1.165, 1.54) is 5.56 Å². The molecule has 0 aromatic heterocycles. The molecule has 1 saturated carbocycles. The van der Waals surface area contributed by atoms with Gasteiger partial charge in [-0.2, -0.15) is 0 Å². The molecule has 2 amide bonds. The van der Waals surface area contributed by atoms with E-state index in [0.29, 0.717) is 28.1 Å². The zero-order chi connectivity index (χ0) is 24.7. The monoisotopic (exact) mass is 504 g/mol. The number of carbonyl (C=O) groups is 2. The number of halogens is 2. The fraction of sp³-hybridized carbons (Fsp3) is 0.481. The molecular weight excluding hydrogens is 471 g/mol. The van der Waals surface area contributed by atoms with Gasteiger partial charge < -0.3 is 15.0 Å². The summed E-state index contributed by atoms with van der Waals surface area (Å²) in [5.41, 5.74) is 2.01. The van der Waals surface area contributed by atoms with Crippen molar-refractivity contribution < 1.29 is 14.3 Å². The van der Waals surface area contributed by atoms with Gasteiger partial charge >= 0.3 is 0 Å². The highest BCUT2D eigenvalue weighted by Gasteiger charge is 2.31. The van der Waals surface area contributed by atoms with E-state index in [2.05, 4.69) is 19.2 Å². The standard InChI is InChI=1S/C27H34Cl2N2O3/c1-4-25(27(33)30-21-7-5-6-8-21)31(16-19-9-14-23(28)24(29)15-19)26(32)17-34-22-12-10-20(11-13-22)18(2)3/h9-15,18,21,25H,4-8,16-17H2,1-3H3,(H,30,33)/t25-/m1/s1. The van der Waals surface area contributed by atoms with Gasteiger partial charge in [-0.05, 0) is 60.6 Å². The highest BCUT2D eigenvalue weighted by Crippen LogP contribution is 2.25. The number of ether oxygens (including phenoxy) is 1. The smallest absolute Gasteiger partial charge is 0.261 e. The first-order valence-corrected chi connectivity index (χ1v) is 12.8. The molecule has 2 aromatic rings. The van der Waals surface area contributed by atoms with Gasteiger partial charge in [0.25, 0.3) is 5.91 Å². The Morgan fingerprint density at radius 1 is 1.06 bits per heavy atom. The molecule has 0 bridgehead atoms. The summed E-state index contributed by atoms with van der Waals surface area (Å²) in [6.07, 6.45) is 4.71. The lowest BCUT2D eigenvalue weighted by Gasteiger charge is -2.31. The number of hydrogen-bond donors (Lipinski definition) is 1. The summed E-state index contributed by atoms with van der Waals surface area (Å²) < 4.78 is 5.80. The van der Waals surface area contributed by atoms with Crippen molar-refractivity contribution in [2.75, 3.05) is 6.61 Å². The molecule has 5 nitrogen and oxygen atoms in total. The molecule has 3 rings (SSSR count). The molecule has 0 heterocycles. The van der Waals surface area contributed by atoms with Gasteiger partial charge in [0.15, 0.2) is 6.61 Å². The molecule has 184 valence electrons. The maximum atomic E-state index is 13.4. The third kappa shape index (κ3) is 7.13. The van der Waals surface area contributed by atoms with Crippen LogP contribution in [0.25, 0.3) is 0 Å². The van der Waals surface area contributed by atoms with Crippen LogP contribution in [0.5, 0.6) is 5.75 Å². The van der Waals surface area contributed by atoms with Gasteiger partial charge in [-0.3, -0.25) is 9.59 Å². The van der Waals surface area contributed by atoms with Crippen molar-refractivity contribution in [1.29, 1.82) is 0 Å². The molecule has 0 aliphatic heterocycles. The molecular formula is C27H34Cl2N2O3. The first kappa shape index (κ1) is 26.4. The average Bonchev–Trinajstić information content (AvgIpc) is 3.33. The minimum absolute atomic E-state index is 0.121. The molecule has 0 spiro atoms. The van der Waals surface area contributed by atoms with Gasteiger partial charge in [0.05, 0.1) is 10.0 Å². The second-order valence-corrected chi connectivity index (χ2v) is 10.0. The van der Waals surface area contributed by atoms with Crippen molar-refractivity contribution in [3.8, 4) is 5.75 Å². The number of carbonyl (C=O) groups excluding carboxylic acids is 2. The van der Waals surface area contributed by atoms with Crippen LogP contribution in [-0.2, 0) is 16.1 Å². The molecule has 0 radical (unpaired) electrons. The van der Waals surface area contributed by atoms with Crippen molar-refractivity contribution in [3.63, 3.8) is 0 Å². The number of rotatable bonds is 10. The summed E-state index contributed by atoms with van der Waals surface area (Å²) in [5.74, 6) is 0.660. The topological polar surface area (TPSA) is 58.6 Å². The molecule has 34 heavy (non-hydrogen) atoms. The first-order valence-electron chi connectivity index (χ1n) is 12.0. The van der Waals surface area contributed by atoms with E-state index in [1.54, 1.807) is 17.0 Å². The zero-order valence-electron chi connectivity index (χ0n) is 20.2. The lowest BCUT2D eigenvalue weighted by Crippen LogP contribution is -2.52. The van der Waals surface area contributed by atoms with Crippen molar-refractivity contribution in [2.24, 2.45) is 0 Å². The van der Waals surface area contributed by atoms with E-state index >= 15 is 0 Å². The normalized spacial score (nSPS) is 14.8. The van der Waals surface area contributed by atoms with E-state index in [-0.39, 0.29) is 31.0 Å². The van der Waals surface area contributed by atoms with E-state index in [0.717, 1.165) is 31.2 Å². The van der Waals surface area contributed by atoms with E-state index in [1.807, 2.05) is 37.3 Å². The van der Waals surface area contributed by atoms with Gasteiger partial charge in [0, 0.05) is 12.6 Å². The summed E-state index contributed by atoms with van der Waals surface area (Å²) in [6, 6.07) is 12.6. The number of amides is 2. The Bertz CT molecular complexity index is 972. The molecule has 0 unspecified atom stereocenters. The Kier molecular flexibility index (Phi) is 9.66. The molecule has 1 atom stereocenters. The summed E-state index contributed by atoms with van der Waals surface area (Å²) in [4.78, 5) is 28.1. The van der Waals surface area contributed by atoms with Crippen LogP contribution in [0, 0.1) is 0 Å². The fourth-order valence-corrected chi connectivity index (χ4v) is 4.62. The van der Waals surface area contributed by atoms with E-state index < -0.39 is 6.04 Å². The van der Waals surface area contributed by atoms with Crippen molar-refractivity contribution in [2.45, 2.75) is 77.4 Å². The lowest BCUT2D eigenvalue weighted by atomic mass is 10.0. The van der Waals surface area contributed by atoms with Gasteiger partial charge in [-0.1, -0.05) is 75.0 Å². The van der Waals surface area contributed by atoms with Crippen LogP contribution < -0.4 is 10.1 Å². The molecule has 0 saturated heterocycles. The Hall–Kier alpha value is -2.24. The number of hydrogen-bond acceptors (Lipinski definition) is 3. The molecule has 1 N–H and O–H groups in total. The van der Waals surface area contributed by atoms with Crippen LogP contribution >= 0.6 is 23.2 Å². The molecule has 2 aromatic carbocycles. The second kappa shape index (κ2) is 12.5. The highest BCUT2D eigenvalue weighted by atomic mass is 35.5. The average molecular weight is 505 g/mol. The van der Waals surface area contributed by atoms with Gasteiger partial charge in [0.2, 0.25) is 5.91 Å². The maximum Gasteiger partial charge on any atom is 0.261 e. The van der Waals surface area contributed by atoms with Crippen molar-refractivity contribution in [1.82, 2.24) is 10.2 Å². The van der Waals surface area contributed by atoms with Crippen molar-refractivity contribution in [3.05, 3.63) is 63.6 Å². The van der Waals surface area contributed by atoms with Crippen molar-refractivity contribution >= 4 is 35.0 Å². The summed E-state index contributed by atoms with van der Waals surface area (Å²) >= 11 is 12.3. The SMILES string of the molecule is CC[C@H](C(=O)NC1CCCC1)N(Cc1ccc(Cl)c(Cl)c1)C(=O)COc1ccc(C(C)C)cc1. The molecule has 1 fully saturated rings. The van der Waals surface area contributed by atoms with Crippen LogP contribution in [0.4, 0.5) is 0 Å². The van der Waals surface area contributed by atoms with E-state index in [9.17, 15) is 9.59 Å². The lowest BCUT2D eigenvalue weighted by molar-refractivity contribution is -0.143. The Morgan fingerprint density at radius 2 is 1.74 bits per heavy atom. The van der Waals surface area contributed by atoms with Gasteiger partial charge in [-0.15, -0.1) is 0 Å². The van der Waals surface area contributed by atoms with Gasteiger partial charge in [-0.25, -0.2) is 0 Å². The maximum absolute atomic E-state index is 13.4. The molecule has 1 aliphatic carbocycles. The van der Waals surface area contributed by atoms with Crippen LogP contribution in [0.3, 0.4) is 0 Å². The predicted octanol–water partition coefficient (Wildman–Crippen LogP) is 6.36. The summed E-state index contributed by atoms with van der Waals surface area (Å²) in [6.45, 7) is 6.25. The third-order valence-corrected chi connectivity index (χ3v) is 7.07. The number of nitrogens with one attached hydrogen (secondary N) is 1. The fourth-order valence-electron chi connectivity index (χ4n) is 4.30. The van der Waals surface area contributed by atoms with Crippen LogP contribution in [0.15, 0.2) is 42.5 Å². The first-order chi connectivity index (χ1) is 16.3. The largest absolute Gasteiger partial charge is 0.484 e. The minimum atomic E-state index is -0.602. The second-order valence-electron chi connectivity index (χ2n) is 9.20. The molecule has 1 aliphatic rings. The Labute approximate surface area is 212 Å². The predicted molar refractivity (Wildman–Crippen MR) is 138 cm³/mol. The van der Waals surface area contributed by atoms with E-state index in [4.69, 9.17) is 27.9 Å². The number of nitrogens with zero attached hydrogens (tertiary/aromatic N) is 1. The number of benzene rings is 2. The van der Waals surface area contributed by atoms with Crippen LogP contribution in [0.2, 0.25) is 10.0 Å². The third-order valence-electron chi connectivity index (χ3n) is 6.33. The van der Waals surface area contributed by atoms with Gasteiger partial charge in [0.1, 0.15) is 11.8 Å². The zero-order valence-corrected chi connectivity index (χ0v) is 21.7. The Balaban J connectivity index is 1.76. The summed E-state index contributed by atoms with van der Waals surface area (Å²) in [5, 5.41) is 4.00. The summed E-state index contributed by atoms with van der Waals surface area (Å²) in [7, 11) is 0.